The van der Waals surface area contributed by atoms with Crippen molar-refractivity contribution < 1.29 is 84.1 Å². The fourth-order valence-electron chi connectivity index (χ4n) is 1.16. The molecule has 120 valence electrons. The molecule has 0 amide bonds. The van der Waals surface area contributed by atoms with Gasteiger partial charge in [0.1, 0.15) is 0 Å². The number of rotatable bonds is 10. The maximum absolute atomic E-state index is 11.8. The molecule has 0 aromatic carbocycles. The molecule has 0 aromatic heterocycles. The Morgan fingerprint density at radius 2 is 2.00 bits per heavy atom. The molecule has 0 heterocycles. The summed E-state index contributed by atoms with van der Waals surface area (Å²) in [6, 6.07) is 0. The standard InChI is InChI=1S/C11H22O7S2.K/c1-11(2,8-19-7-9(13)6-12)10(14)18-4-3-5-20(15,16)17;/h9,12-13H,3-8H2,1-2H3,(H,15,16,17);/q;+1/p-1. The molecule has 0 rings (SSSR count). The summed E-state index contributed by atoms with van der Waals surface area (Å²) in [6.07, 6.45) is -0.849. The molecule has 0 fully saturated rings. The number of carbonyl (C=O) groups is 1. The zero-order valence-corrected chi connectivity index (χ0v) is 17.3. The quantitative estimate of drug-likeness (QED) is 0.177. The fourth-order valence-corrected chi connectivity index (χ4v) is 2.75. The van der Waals surface area contributed by atoms with Gasteiger partial charge in [0.2, 0.25) is 0 Å². The third-order valence-electron chi connectivity index (χ3n) is 2.31. The van der Waals surface area contributed by atoms with Crippen molar-refractivity contribution >= 4 is 27.8 Å². The van der Waals surface area contributed by atoms with Gasteiger partial charge in [-0.15, -0.1) is 0 Å². The number of thioether (sulfide) groups is 1. The van der Waals surface area contributed by atoms with Crippen molar-refractivity contribution in [3.63, 3.8) is 0 Å². The number of aliphatic hydroxyl groups is 2. The third kappa shape index (κ3) is 13.4. The van der Waals surface area contributed by atoms with Crippen molar-refractivity contribution in [2.45, 2.75) is 26.4 Å². The van der Waals surface area contributed by atoms with E-state index in [2.05, 4.69) is 0 Å². The Bertz CT molecular complexity index is 397. The number of aliphatic hydroxyl groups excluding tert-OH is 2. The molecule has 0 aliphatic carbocycles. The van der Waals surface area contributed by atoms with Gasteiger partial charge in [-0.25, -0.2) is 8.42 Å². The maximum Gasteiger partial charge on any atom is 1.00 e. The third-order valence-corrected chi connectivity index (χ3v) is 4.64. The van der Waals surface area contributed by atoms with Gasteiger partial charge in [0.05, 0.1) is 34.9 Å². The Labute approximate surface area is 172 Å². The minimum atomic E-state index is -4.28. The minimum absolute atomic E-state index is 0. The number of hydrogen-bond donors (Lipinski definition) is 2. The first-order valence-electron chi connectivity index (χ1n) is 6.06. The van der Waals surface area contributed by atoms with Crippen molar-refractivity contribution in [3.8, 4) is 0 Å². The van der Waals surface area contributed by atoms with Crippen LogP contribution < -0.4 is 51.4 Å². The normalized spacial score (nSPS) is 13.4. The van der Waals surface area contributed by atoms with Crippen molar-refractivity contribution in [1.82, 2.24) is 0 Å². The van der Waals surface area contributed by atoms with Gasteiger partial charge >= 0.3 is 57.4 Å². The van der Waals surface area contributed by atoms with Crippen molar-refractivity contribution in [2.24, 2.45) is 5.41 Å². The van der Waals surface area contributed by atoms with Crippen LogP contribution in [0.2, 0.25) is 0 Å². The largest absolute Gasteiger partial charge is 1.00 e. The summed E-state index contributed by atoms with van der Waals surface area (Å²) in [6.45, 7) is 2.88. The molecule has 0 bridgehead atoms. The molecule has 0 aromatic rings. The van der Waals surface area contributed by atoms with Gasteiger partial charge < -0.3 is 19.5 Å². The molecule has 10 heteroatoms. The molecular formula is C11H21KO7S2. The van der Waals surface area contributed by atoms with Crippen LogP contribution in [-0.4, -0.2) is 65.7 Å². The van der Waals surface area contributed by atoms with E-state index in [9.17, 15) is 17.8 Å². The van der Waals surface area contributed by atoms with Crippen LogP contribution in [0.3, 0.4) is 0 Å². The van der Waals surface area contributed by atoms with Crippen LogP contribution in [0.1, 0.15) is 20.3 Å². The Hall–Kier alpha value is 1.29. The molecule has 0 aliphatic heterocycles. The molecule has 0 spiro atoms. The number of esters is 1. The second kappa shape index (κ2) is 11.8. The summed E-state index contributed by atoms with van der Waals surface area (Å²) in [5, 5.41) is 17.8. The van der Waals surface area contributed by atoms with Crippen LogP contribution in [-0.2, 0) is 19.6 Å². The van der Waals surface area contributed by atoms with E-state index in [-0.39, 0.29) is 71.0 Å². The molecule has 2 N–H and O–H groups in total. The first kappa shape index (κ1) is 24.5. The Balaban J connectivity index is 0. The van der Waals surface area contributed by atoms with Gasteiger partial charge in [-0.2, -0.15) is 11.8 Å². The van der Waals surface area contributed by atoms with Gasteiger partial charge in [-0.1, -0.05) is 0 Å². The number of carbonyl (C=O) groups excluding carboxylic acids is 1. The topological polar surface area (TPSA) is 124 Å². The smallest absolute Gasteiger partial charge is 0.748 e. The second-order valence-corrected chi connectivity index (χ2v) is 7.54. The van der Waals surface area contributed by atoms with E-state index >= 15 is 0 Å². The predicted molar refractivity (Wildman–Crippen MR) is 74.3 cm³/mol. The van der Waals surface area contributed by atoms with E-state index in [1.54, 1.807) is 13.8 Å². The van der Waals surface area contributed by atoms with Crippen molar-refractivity contribution in [3.05, 3.63) is 0 Å². The van der Waals surface area contributed by atoms with E-state index in [1.165, 1.54) is 11.8 Å². The Morgan fingerprint density at radius 3 is 2.48 bits per heavy atom. The summed E-state index contributed by atoms with van der Waals surface area (Å²) < 4.78 is 36.0. The fraction of sp³-hybridized carbons (Fsp3) is 0.909. The van der Waals surface area contributed by atoms with E-state index in [4.69, 9.17) is 14.9 Å². The summed E-state index contributed by atoms with van der Waals surface area (Å²) >= 11 is 1.31. The summed E-state index contributed by atoms with van der Waals surface area (Å²) in [4.78, 5) is 11.8. The number of hydrogen-bond acceptors (Lipinski definition) is 8. The van der Waals surface area contributed by atoms with Crippen molar-refractivity contribution in [1.29, 1.82) is 0 Å². The zero-order chi connectivity index (χ0) is 15.8. The molecule has 0 radical (unpaired) electrons. The van der Waals surface area contributed by atoms with Crippen LogP contribution in [0, 0.1) is 5.41 Å². The van der Waals surface area contributed by atoms with Gasteiger partial charge in [-0.05, 0) is 20.3 Å². The van der Waals surface area contributed by atoms with E-state index in [1.807, 2.05) is 0 Å². The first-order chi connectivity index (χ1) is 9.08. The molecule has 0 aliphatic rings. The van der Waals surface area contributed by atoms with Gasteiger partial charge in [0.25, 0.3) is 0 Å². The average Bonchev–Trinajstić information content (AvgIpc) is 2.32. The van der Waals surface area contributed by atoms with Gasteiger partial charge in [0, 0.05) is 17.3 Å². The summed E-state index contributed by atoms with van der Waals surface area (Å²) in [5.41, 5.74) is -0.795. The van der Waals surface area contributed by atoms with Crippen LogP contribution in [0.15, 0.2) is 0 Å². The predicted octanol–water partition coefficient (Wildman–Crippen LogP) is -3.42. The van der Waals surface area contributed by atoms with Crippen LogP contribution in [0.25, 0.3) is 0 Å². The second-order valence-electron chi connectivity index (χ2n) is 4.99. The average molecular weight is 369 g/mol. The van der Waals surface area contributed by atoms with Gasteiger partial charge in [0.15, 0.2) is 0 Å². The van der Waals surface area contributed by atoms with Crippen LogP contribution in [0.4, 0.5) is 0 Å². The van der Waals surface area contributed by atoms with Crippen LogP contribution in [0.5, 0.6) is 0 Å². The first-order valence-corrected chi connectivity index (χ1v) is 8.79. The van der Waals surface area contributed by atoms with E-state index in [0.717, 1.165) is 0 Å². The summed E-state index contributed by atoms with van der Waals surface area (Å²) in [5.74, 6) is -0.352. The molecule has 7 nitrogen and oxygen atoms in total. The zero-order valence-electron chi connectivity index (χ0n) is 12.6. The molecule has 1 unspecified atom stereocenters. The monoisotopic (exact) mass is 368 g/mol. The SMILES string of the molecule is CC(C)(CSCC(O)CO)C(=O)OCCCS(=O)(=O)[O-].[K+]. The Kier molecular flexibility index (Phi) is 13.7. The maximum atomic E-state index is 11.8. The summed E-state index contributed by atoms with van der Waals surface area (Å²) in [7, 11) is -4.28. The van der Waals surface area contributed by atoms with Crippen LogP contribution >= 0.6 is 11.8 Å². The van der Waals surface area contributed by atoms with E-state index in [0.29, 0.717) is 11.5 Å². The molecule has 1 atom stereocenters. The van der Waals surface area contributed by atoms with E-state index < -0.39 is 33.4 Å². The van der Waals surface area contributed by atoms with Gasteiger partial charge in [-0.3, -0.25) is 4.79 Å². The van der Waals surface area contributed by atoms with Crippen molar-refractivity contribution in [2.75, 3.05) is 30.5 Å². The Morgan fingerprint density at radius 1 is 1.43 bits per heavy atom. The minimum Gasteiger partial charge on any atom is -0.748 e. The molecule has 0 saturated heterocycles. The number of ether oxygens (including phenoxy) is 1. The molecule has 0 saturated carbocycles. The molecule has 21 heavy (non-hydrogen) atoms. The molecular weight excluding hydrogens is 347 g/mol.